The van der Waals surface area contributed by atoms with Crippen LogP contribution in [0.1, 0.15) is 31.1 Å². The molecule has 0 radical (unpaired) electrons. The van der Waals surface area contributed by atoms with E-state index in [1.54, 1.807) is 42.1 Å². The summed E-state index contributed by atoms with van der Waals surface area (Å²) in [6.07, 6.45) is 4.25. The van der Waals surface area contributed by atoms with Gasteiger partial charge in [0.15, 0.2) is 0 Å². The number of allylic oxidation sites excluding steroid dienone is 1. The van der Waals surface area contributed by atoms with Gasteiger partial charge in [-0.15, -0.1) is 0 Å². The molecule has 34 heavy (non-hydrogen) atoms. The van der Waals surface area contributed by atoms with Crippen molar-refractivity contribution in [1.29, 1.82) is 0 Å². The van der Waals surface area contributed by atoms with E-state index in [-0.39, 0.29) is 28.5 Å². The van der Waals surface area contributed by atoms with Crippen molar-refractivity contribution < 1.29 is 14.3 Å². The van der Waals surface area contributed by atoms with E-state index in [0.29, 0.717) is 6.54 Å². The molecule has 0 aromatic heterocycles. The molecular formula is C28H27FN2O2S. The number of phenolic OH excluding ortho intramolecular Hbond substituents is 1. The van der Waals surface area contributed by atoms with Crippen molar-refractivity contribution in [2.24, 2.45) is 5.41 Å². The van der Waals surface area contributed by atoms with Gasteiger partial charge in [0, 0.05) is 28.8 Å². The number of benzene rings is 3. The summed E-state index contributed by atoms with van der Waals surface area (Å²) >= 11 is 1.68. The molecule has 0 aliphatic carbocycles. The molecule has 174 valence electrons. The van der Waals surface area contributed by atoms with E-state index in [9.17, 15) is 14.3 Å². The molecule has 0 saturated heterocycles. The first-order chi connectivity index (χ1) is 16.2. The fraction of sp³-hybridized carbons (Fsp3) is 0.179. The van der Waals surface area contributed by atoms with Crippen LogP contribution in [0.15, 0.2) is 95.0 Å². The summed E-state index contributed by atoms with van der Waals surface area (Å²) in [6, 6.07) is 21.2. The molecule has 0 atom stereocenters. The first-order valence-corrected chi connectivity index (χ1v) is 11.8. The zero-order chi connectivity index (χ0) is 24.3. The molecule has 1 amide bonds. The second kappa shape index (κ2) is 9.77. The summed E-state index contributed by atoms with van der Waals surface area (Å²) < 4.78 is 13.2. The standard InChI is InChI=1S/C28H27FN2O2S/c1-19-17-31(23-14-10-21(11-15-23)20-8-12-22(29)13-9-20)26(34-19)16-28(2,3)18-30-27(33)24-6-4-5-7-25(24)32/h4-17,32H,18H2,1-3H3,(H,30,33). The molecule has 0 fully saturated rings. The summed E-state index contributed by atoms with van der Waals surface area (Å²) in [5.74, 6) is -0.576. The average Bonchev–Trinajstić information content (AvgIpc) is 3.17. The summed E-state index contributed by atoms with van der Waals surface area (Å²) in [6.45, 7) is 6.61. The normalized spacial score (nSPS) is 14.9. The van der Waals surface area contributed by atoms with Crippen molar-refractivity contribution in [3.05, 3.63) is 106 Å². The van der Waals surface area contributed by atoms with E-state index in [1.807, 2.05) is 12.1 Å². The molecule has 3 aromatic carbocycles. The second-order valence-electron chi connectivity index (χ2n) is 8.94. The van der Waals surface area contributed by atoms with Crippen molar-refractivity contribution in [3.8, 4) is 16.9 Å². The number of carbonyl (C=O) groups is 1. The first kappa shape index (κ1) is 23.6. The number of thioether (sulfide) groups is 1. The van der Waals surface area contributed by atoms with Crippen LogP contribution in [0.5, 0.6) is 5.75 Å². The Morgan fingerprint density at radius 2 is 1.65 bits per heavy atom. The maximum atomic E-state index is 13.2. The van der Waals surface area contributed by atoms with Gasteiger partial charge in [-0.1, -0.05) is 62.0 Å². The number of amides is 1. The monoisotopic (exact) mass is 474 g/mol. The smallest absolute Gasteiger partial charge is 0.255 e. The van der Waals surface area contributed by atoms with Gasteiger partial charge >= 0.3 is 0 Å². The predicted molar refractivity (Wildman–Crippen MR) is 138 cm³/mol. The molecule has 0 saturated carbocycles. The molecule has 6 heteroatoms. The lowest BCUT2D eigenvalue weighted by Gasteiger charge is -2.25. The van der Waals surface area contributed by atoms with Gasteiger partial charge in [0.05, 0.1) is 10.6 Å². The van der Waals surface area contributed by atoms with Crippen molar-refractivity contribution in [1.82, 2.24) is 5.32 Å². The van der Waals surface area contributed by atoms with Crippen LogP contribution < -0.4 is 10.2 Å². The number of aromatic hydroxyl groups is 1. The van der Waals surface area contributed by atoms with Gasteiger partial charge in [0.2, 0.25) is 0 Å². The minimum atomic E-state index is -0.326. The number of para-hydroxylation sites is 1. The Kier molecular flexibility index (Phi) is 6.80. The van der Waals surface area contributed by atoms with Gasteiger partial charge in [0.25, 0.3) is 5.91 Å². The summed E-state index contributed by atoms with van der Waals surface area (Å²) in [5.41, 5.74) is 2.95. The lowest BCUT2D eigenvalue weighted by atomic mass is 9.93. The first-order valence-electron chi connectivity index (χ1n) is 11.0. The Morgan fingerprint density at radius 3 is 2.29 bits per heavy atom. The number of rotatable bonds is 6. The highest BCUT2D eigenvalue weighted by Crippen LogP contribution is 2.41. The van der Waals surface area contributed by atoms with E-state index >= 15 is 0 Å². The largest absolute Gasteiger partial charge is 0.507 e. The molecule has 0 unspecified atom stereocenters. The summed E-state index contributed by atoms with van der Waals surface area (Å²) in [4.78, 5) is 15.8. The van der Waals surface area contributed by atoms with Crippen molar-refractivity contribution in [3.63, 3.8) is 0 Å². The molecule has 1 aliphatic heterocycles. The van der Waals surface area contributed by atoms with Crippen LogP contribution in [-0.4, -0.2) is 17.6 Å². The number of hydrogen-bond acceptors (Lipinski definition) is 4. The average molecular weight is 475 g/mol. The van der Waals surface area contributed by atoms with Crippen molar-refractivity contribution >= 4 is 23.4 Å². The summed E-state index contributed by atoms with van der Waals surface area (Å²) in [7, 11) is 0. The number of carbonyl (C=O) groups excluding carboxylic acids is 1. The second-order valence-corrected chi connectivity index (χ2v) is 10.2. The topological polar surface area (TPSA) is 52.6 Å². The number of hydrogen-bond donors (Lipinski definition) is 2. The molecule has 1 heterocycles. The van der Waals surface area contributed by atoms with E-state index in [4.69, 9.17) is 0 Å². The van der Waals surface area contributed by atoms with Gasteiger partial charge in [0.1, 0.15) is 11.6 Å². The number of halogens is 1. The zero-order valence-corrected chi connectivity index (χ0v) is 20.2. The minimum absolute atomic E-state index is 0.0300. The van der Waals surface area contributed by atoms with Gasteiger partial charge < -0.3 is 15.3 Å². The van der Waals surface area contributed by atoms with Crippen LogP contribution >= 0.6 is 11.8 Å². The molecule has 3 aromatic rings. The van der Waals surface area contributed by atoms with Crippen LogP contribution in [0, 0.1) is 11.2 Å². The number of anilines is 1. The van der Waals surface area contributed by atoms with E-state index in [1.165, 1.54) is 23.1 Å². The molecule has 4 nitrogen and oxygen atoms in total. The van der Waals surface area contributed by atoms with Crippen LogP contribution in [0.4, 0.5) is 10.1 Å². The maximum Gasteiger partial charge on any atom is 0.255 e. The van der Waals surface area contributed by atoms with Gasteiger partial charge in [-0.2, -0.15) is 0 Å². The number of nitrogens with zero attached hydrogens (tertiary/aromatic N) is 1. The Labute approximate surface area is 203 Å². The Balaban J connectivity index is 1.49. The van der Waals surface area contributed by atoms with Gasteiger partial charge in [-0.05, 0) is 60.5 Å². The highest BCUT2D eigenvalue weighted by atomic mass is 32.2. The number of phenols is 1. The minimum Gasteiger partial charge on any atom is -0.507 e. The lowest BCUT2D eigenvalue weighted by molar-refractivity contribution is 0.0940. The fourth-order valence-corrected chi connectivity index (χ4v) is 4.82. The van der Waals surface area contributed by atoms with Crippen LogP contribution in [0.25, 0.3) is 11.1 Å². The SMILES string of the molecule is CC1=CN(c2ccc(-c3ccc(F)cc3)cc2)C(=CC(C)(C)CNC(=O)c2ccccc2O)S1. The third-order valence-corrected chi connectivity index (χ3v) is 6.46. The molecule has 1 aliphatic rings. The third-order valence-electron chi connectivity index (χ3n) is 5.50. The van der Waals surface area contributed by atoms with E-state index in [0.717, 1.165) is 21.8 Å². The van der Waals surface area contributed by atoms with E-state index in [2.05, 4.69) is 55.4 Å². The summed E-state index contributed by atoms with van der Waals surface area (Å²) in [5, 5.41) is 13.9. The highest BCUT2D eigenvalue weighted by Gasteiger charge is 2.24. The third kappa shape index (κ3) is 5.51. The maximum absolute atomic E-state index is 13.2. The molecular weight excluding hydrogens is 447 g/mol. The highest BCUT2D eigenvalue weighted by molar-refractivity contribution is 8.07. The predicted octanol–water partition coefficient (Wildman–Crippen LogP) is 6.91. The van der Waals surface area contributed by atoms with E-state index < -0.39 is 0 Å². The molecule has 2 N–H and O–H groups in total. The molecule has 0 bridgehead atoms. The molecule has 4 rings (SSSR count). The van der Waals surface area contributed by atoms with Crippen LogP contribution in [0.2, 0.25) is 0 Å². The Bertz CT molecular complexity index is 1250. The van der Waals surface area contributed by atoms with Crippen LogP contribution in [0.3, 0.4) is 0 Å². The fourth-order valence-electron chi connectivity index (χ4n) is 3.70. The quantitative estimate of drug-likeness (QED) is 0.408. The van der Waals surface area contributed by atoms with Crippen molar-refractivity contribution in [2.45, 2.75) is 20.8 Å². The lowest BCUT2D eigenvalue weighted by Crippen LogP contribution is -2.33. The molecule has 0 spiro atoms. The number of nitrogens with one attached hydrogen (secondary N) is 1. The van der Waals surface area contributed by atoms with Gasteiger partial charge in [-0.25, -0.2) is 4.39 Å². The van der Waals surface area contributed by atoms with Crippen LogP contribution in [-0.2, 0) is 0 Å². The van der Waals surface area contributed by atoms with Gasteiger partial charge in [-0.3, -0.25) is 4.79 Å². The Morgan fingerprint density at radius 1 is 1.03 bits per heavy atom. The Hall–Kier alpha value is -3.51. The van der Waals surface area contributed by atoms with Crippen molar-refractivity contribution in [2.75, 3.05) is 11.4 Å². The zero-order valence-electron chi connectivity index (χ0n) is 19.4.